The summed E-state index contributed by atoms with van der Waals surface area (Å²) < 4.78 is 5.44. The van der Waals surface area contributed by atoms with E-state index in [1.54, 1.807) is 13.3 Å². The number of rotatable bonds is 5. The highest BCUT2D eigenvalue weighted by Crippen LogP contribution is 2.28. The number of oxime groups is 1. The Kier molecular flexibility index (Phi) is 5.73. The number of hydrogen-bond acceptors (Lipinski definition) is 5. The molecule has 1 saturated heterocycles. The molecule has 26 heavy (non-hydrogen) atoms. The number of benzene rings is 2. The van der Waals surface area contributed by atoms with Crippen LogP contribution in [0.25, 0.3) is 0 Å². The van der Waals surface area contributed by atoms with Crippen molar-refractivity contribution in [2.24, 2.45) is 5.16 Å². The molecule has 3 rings (SSSR count). The maximum absolute atomic E-state index is 12.7. The zero-order valence-corrected chi connectivity index (χ0v) is 15.1. The van der Waals surface area contributed by atoms with Gasteiger partial charge in [0.1, 0.15) is 12.9 Å². The molecule has 0 unspecified atom stereocenters. The Bertz CT molecular complexity index is 766. The van der Waals surface area contributed by atoms with Crippen molar-refractivity contribution in [3.8, 4) is 5.75 Å². The van der Waals surface area contributed by atoms with Gasteiger partial charge < -0.3 is 19.4 Å². The number of para-hydroxylation sites is 2. The summed E-state index contributed by atoms with van der Waals surface area (Å²) in [4.78, 5) is 21.5. The van der Waals surface area contributed by atoms with Gasteiger partial charge in [-0.2, -0.15) is 0 Å². The Morgan fingerprint density at radius 2 is 1.69 bits per heavy atom. The largest absolute Gasteiger partial charge is 0.495 e. The minimum atomic E-state index is 0.0555. The average molecular weight is 353 g/mol. The number of amides is 1. The first kappa shape index (κ1) is 17.8. The molecule has 0 aliphatic carbocycles. The van der Waals surface area contributed by atoms with Gasteiger partial charge in [-0.3, -0.25) is 4.79 Å². The fourth-order valence-electron chi connectivity index (χ4n) is 3.05. The summed E-state index contributed by atoms with van der Waals surface area (Å²) in [7, 11) is 3.18. The van der Waals surface area contributed by atoms with E-state index in [2.05, 4.69) is 21.0 Å². The molecule has 1 amide bonds. The van der Waals surface area contributed by atoms with Crippen LogP contribution in [0.15, 0.2) is 53.7 Å². The molecule has 1 heterocycles. The molecule has 0 spiro atoms. The highest BCUT2D eigenvalue weighted by atomic mass is 16.6. The molecule has 1 fully saturated rings. The molecule has 1 aliphatic rings. The van der Waals surface area contributed by atoms with Gasteiger partial charge in [0.15, 0.2) is 0 Å². The Hall–Kier alpha value is -3.02. The number of nitrogens with zero attached hydrogens (tertiary/aromatic N) is 3. The molecule has 0 aromatic heterocycles. The number of carbonyl (C=O) groups is 1. The van der Waals surface area contributed by atoms with Crippen LogP contribution >= 0.6 is 0 Å². The average Bonchev–Trinajstić information content (AvgIpc) is 2.72. The lowest BCUT2D eigenvalue weighted by Gasteiger charge is -2.36. The fraction of sp³-hybridized carbons (Fsp3) is 0.300. The number of ether oxygens (including phenoxy) is 1. The standard InChI is InChI=1S/C20H23N3O3/c1-25-19-6-4-3-5-18(19)22-11-13-23(14-12-22)20(24)17-9-7-16(8-10-17)15-21-26-2/h3-10,15H,11-14H2,1-2H3/b21-15+. The van der Waals surface area contributed by atoms with E-state index in [0.29, 0.717) is 18.7 Å². The minimum absolute atomic E-state index is 0.0555. The summed E-state index contributed by atoms with van der Waals surface area (Å²) in [6.45, 7) is 2.93. The number of anilines is 1. The van der Waals surface area contributed by atoms with Crippen LogP contribution < -0.4 is 9.64 Å². The van der Waals surface area contributed by atoms with Crippen LogP contribution in [-0.4, -0.2) is 57.4 Å². The molecular weight excluding hydrogens is 330 g/mol. The van der Waals surface area contributed by atoms with Gasteiger partial charge in [0.05, 0.1) is 19.0 Å². The van der Waals surface area contributed by atoms with Crippen LogP contribution in [0, 0.1) is 0 Å². The van der Waals surface area contributed by atoms with E-state index in [4.69, 9.17) is 4.74 Å². The van der Waals surface area contributed by atoms with Crippen LogP contribution in [0.5, 0.6) is 5.75 Å². The normalized spacial score (nSPS) is 14.5. The maximum atomic E-state index is 12.7. The van der Waals surface area contributed by atoms with Crippen molar-refractivity contribution in [2.75, 3.05) is 45.3 Å². The third-order valence-corrected chi connectivity index (χ3v) is 4.46. The molecule has 0 bridgehead atoms. The zero-order valence-electron chi connectivity index (χ0n) is 15.1. The van der Waals surface area contributed by atoms with Crippen molar-refractivity contribution in [3.05, 3.63) is 59.7 Å². The van der Waals surface area contributed by atoms with E-state index in [1.807, 2.05) is 47.4 Å². The highest BCUT2D eigenvalue weighted by molar-refractivity contribution is 5.95. The SMILES string of the molecule is CO/N=C/c1ccc(C(=O)N2CCN(c3ccccc3OC)CC2)cc1. The number of piperazine rings is 1. The second kappa shape index (κ2) is 8.38. The van der Waals surface area contributed by atoms with E-state index in [1.165, 1.54) is 7.11 Å². The molecule has 2 aromatic carbocycles. The lowest BCUT2D eigenvalue weighted by atomic mass is 10.1. The van der Waals surface area contributed by atoms with E-state index < -0.39 is 0 Å². The molecule has 6 nitrogen and oxygen atoms in total. The molecule has 0 radical (unpaired) electrons. The molecule has 1 aliphatic heterocycles. The quantitative estimate of drug-likeness (QED) is 0.613. The zero-order chi connectivity index (χ0) is 18.4. The summed E-state index contributed by atoms with van der Waals surface area (Å²) in [6, 6.07) is 15.4. The number of methoxy groups -OCH3 is 1. The van der Waals surface area contributed by atoms with Gasteiger partial charge in [-0.1, -0.05) is 29.4 Å². The highest BCUT2D eigenvalue weighted by Gasteiger charge is 2.23. The number of hydrogen-bond donors (Lipinski definition) is 0. The third kappa shape index (κ3) is 3.96. The Labute approximate surface area is 153 Å². The lowest BCUT2D eigenvalue weighted by Crippen LogP contribution is -2.48. The Morgan fingerprint density at radius 3 is 2.35 bits per heavy atom. The van der Waals surface area contributed by atoms with Gasteiger partial charge in [-0.15, -0.1) is 0 Å². The van der Waals surface area contributed by atoms with Gasteiger partial charge in [0.2, 0.25) is 0 Å². The van der Waals surface area contributed by atoms with Crippen molar-refractivity contribution in [1.82, 2.24) is 4.90 Å². The van der Waals surface area contributed by atoms with Gasteiger partial charge in [-0.05, 0) is 29.8 Å². The van der Waals surface area contributed by atoms with Crippen molar-refractivity contribution in [3.63, 3.8) is 0 Å². The monoisotopic (exact) mass is 353 g/mol. The first-order chi connectivity index (χ1) is 12.7. The van der Waals surface area contributed by atoms with E-state index in [0.717, 1.165) is 30.1 Å². The van der Waals surface area contributed by atoms with Crippen molar-refractivity contribution < 1.29 is 14.4 Å². The molecule has 0 N–H and O–H groups in total. The van der Waals surface area contributed by atoms with Crippen LogP contribution in [0.1, 0.15) is 15.9 Å². The predicted molar refractivity (Wildman–Crippen MR) is 102 cm³/mol. The summed E-state index contributed by atoms with van der Waals surface area (Å²) in [5.41, 5.74) is 2.65. The van der Waals surface area contributed by atoms with E-state index in [-0.39, 0.29) is 5.91 Å². The second-order valence-corrected chi connectivity index (χ2v) is 5.99. The van der Waals surface area contributed by atoms with Crippen molar-refractivity contribution in [1.29, 1.82) is 0 Å². The molecule has 0 atom stereocenters. The Balaban J connectivity index is 1.62. The molecule has 0 saturated carbocycles. The van der Waals surface area contributed by atoms with Gasteiger partial charge in [-0.25, -0.2) is 0 Å². The van der Waals surface area contributed by atoms with Gasteiger partial charge in [0, 0.05) is 31.7 Å². The minimum Gasteiger partial charge on any atom is -0.495 e. The topological polar surface area (TPSA) is 54.4 Å². The molecule has 136 valence electrons. The van der Waals surface area contributed by atoms with Crippen molar-refractivity contribution >= 4 is 17.8 Å². The summed E-state index contributed by atoms with van der Waals surface area (Å²) in [5.74, 6) is 0.917. The van der Waals surface area contributed by atoms with Crippen LogP contribution in [-0.2, 0) is 4.84 Å². The van der Waals surface area contributed by atoms with Gasteiger partial charge in [0.25, 0.3) is 5.91 Å². The first-order valence-corrected chi connectivity index (χ1v) is 8.57. The van der Waals surface area contributed by atoms with E-state index >= 15 is 0 Å². The summed E-state index contributed by atoms with van der Waals surface area (Å²) in [5, 5.41) is 3.72. The van der Waals surface area contributed by atoms with E-state index in [9.17, 15) is 4.79 Å². The van der Waals surface area contributed by atoms with Crippen LogP contribution in [0.4, 0.5) is 5.69 Å². The Morgan fingerprint density at radius 1 is 1.00 bits per heavy atom. The van der Waals surface area contributed by atoms with Gasteiger partial charge >= 0.3 is 0 Å². The van der Waals surface area contributed by atoms with Crippen LogP contribution in [0.3, 0.4) is 0 Å². The summed E-state index contributed by atoms with van der Waals surface area (Å²) >= 11 is 0. The lowest BCUT2D eigenvalue weighted by molar-refractivity contribution is 0.0746. The molecule has 6 heteroatoms. The summed E-state index contributed by atoms with van der Waals surface area (Å²) in [6.07, 6.45) is 1.61. The smallest absolute Gasteiger partial charge is 0.253 e. The third-order valence-electron chi connectivity index (χ3n) is 4.46. The fourth-order valence-corrected chi connectivity index (χ4v) is 3.05. The number of carbonyl (C=O) groups excluding carboxylic acids is 1. The van der Waals surface area contributed by atoms with Crippen LogP contribution in [0.2, 0.25) is 0 Å². The maximum Gasteiger partial charge on any atom is 0.253 e. The molecule has 2 aromatic rings. The first-order valence-electron chi connectivity index (χ1n) is 8.57. The molecular formula is C20H23N3O3. The predicted octanol–water partition coefficient (Wildman–Crippen LogP) is 2.64. The second-order valence-electron chi connectivity index (χ2n) is 5.99. The van der Waals surface area contributed by atoms with Crippen molar-refractivity contribution in [2.45, 2.75) is 0 Å².